The second kappa shape index (κ2) is 5.57. The van der Waals surface area contributed by atoms with Gasteiger partial charge in [0.2, 0.25) is 5.91 Å². The summed E-state index contributed by atoms with van der Waals surface area (Å²) in [6.45, 7) is 4.28. The average Bonchev–Trinajstić information content (AvgIpc) is 2.38. The van der Waals surface area contributed by atoms with Crippen LogP contribution in [0.3, 0.4) is 0 Å². The molecule has 2 fully saturated rings. The lowest BCUT2D eigenvalue weighted by Crippen LogP contribution is -2.50. The first-order chi connectivity index (χ1) is 8.54. The Morgan fingerprint density at radius 2 is 1.78 bits per heavy atom. The standard InChI is InChI=1S/C14H26N2O2/c1-13(7-9-15-10-8-13)12(17)16-11-14(18)5-3-2-4-6-14/h15,18H,2-11H2,1H3,(H,16,17). The van der Waals surface area contributed by atoms with E-state index in [1.54, 1.807) is 0 Å². The zero-order valence-electron chi connectivity index (χ0n) is 11.4. The summed E-state index contributed by atoms with van der Waals surface area (Å²) in [5, 5.41) is 16.6. The number of piperidine rings is 1. The minimum Gasteiger partial charge on any atom is -0.388 e. The topological polar surface area (TPSA) is 61.4 Å². The molecule has 104 valence electrons. The Balaban J connectivity index is 1.83. The van der Waals surface area contributed by atoms with Gasteiger partial charge < -0.3 is 15.7 Å². The van der Waals surface area contributed by atoms with E-state index < -0.39 is 5.60 Å². The normalized spacial score (nSPS) is 26.6. The van der Waals surface area contributed by atoms with E-state index >= 15 is 0 Å². The van der Waals surface area contributed by atoms with Crippen LogP contribution in [-0.4, -0.2) is 36.2 Å². The third-order valence-electron chi connectivity index (χ3n) is 4.62. The number of amides is 1. The van der Waals surface area contributed by atoms with Crippen molar-refractivity contribution in [3.05, 3.63) is 0 Å². The molecule has 1 saturated heterocycles. The molecule has 18 heavy (non-hydrogen) atoms. The number of hydrogen-bond donors (Lipinski definition) is 3. The molecule has 0 unspecified atom stereocenters. The SMILES string of the molecule is CC1(C(=O)NCC2(O)CCCCC2)CCNCC1. The van der Waals surface area contributed by atoms with Gasteiger partial charge in [0, 0.05) is 12.0 Å². The highest BCUT2D eigenvalue weighted by Crippen LogP contribution is 2.30. The first kappa shape index (κ1) is 13.8. The summed E-state index contributed by atoms with van der Waals surface area (Å²) in [5.74, 6) is 0.114. The fourth-order valence-corrected chi connectivity index (χ4v) is 3.05. The maximum atomic E-state index is 12.3. The minimum atomic E-state index is -0.656. The molecule has 3 N–H and O–H groups in total. The first-order valence-electron chi connectivity index (χ1n) is 7.26. The number of nitrogens with one attached hydrogen (secondary N) is 2. The molecule has 0 aromatic heterocycles. The summed E-state index contributed by atoms with van der Waals surface area (Å²) in [6.07, 6.45) is 6.78. The Labute approximate surface area is 110 Å². The van der Waals surface area contributed by atoms with Crippen molar-refractivity contribution in [1.29, 1.82) is 0 Å². The van der Waals surface area contributed by atoms with Crippen LogP contribution in [0, 0.1) is 5.41 Å². The summed E-state index contributed by atoms with van der Waals surface area (Å²) in [5.41, 5.74) is -0.909. The van der Waals surface area contributed by atoms with Gasteiger partial charge in [-0.2, -0.15) is 0 Å². The van der Waals surface area contributed by atoms with Crippen molar-refractivity contribution >= 4 is 5.91 Å². The minimum absolute atomic E-state index is 0.114. The fraction of sp³-hybridized carbons (Fsp3) is 0.929. The number of carbonyl (C=O) groups excluding carboxylic acids is 1. The van der Waals surface area contributed by atoms with Crippen LogP contribution in [0.5, 0.6) is 0 Å². The zero-order chi connectivity index (χ0) is 13.1. The van der Waals surface area contributed by atoms with E-state index in [1.165, 1.54) is 6.42 Å². The van der Waals surface area contributed by atoms with Gasteiger partial charge in [0.05, 0.1) is 5.60 Å². The fourth-order valence-electron chi connectivity index (χ4n) is 3.05. The van der Waals surface area contributed by atoms with Crippen LogP contribution in [0.15, 0.2) is 0 Å². The van der Waals surface area contributed by atoms with Crippen molar-refractivity contribution in [2.45, 2.75) is 57.5 Å². The van der Waals surface area contributed by atoms with Gasteiger partial charge in [-0.25, -0.2) is 0 Å². The molecule has 1 heterocycles. The molecule has 0 spiro atoms. The Morgan fingerprint density at radius 1 is 1.17 bits per heavy atom. The van der Waals surface area contributed by atoms with Crippen molar-refractivity contribution in [2.24, 2.45) is 5.41 Å². The molecule has 1 aliphatic carbocycles. The van der Waals surface area contributed by atoms with E-state index in [4.69, 9.17) is 0 Å². The molecule has 1 aliphatic heterocycles. The maximum absolute atomic E-state index is 12.3. The van der Waals surface area contributed by atoms with Gasteiger partial charge in [0.15, 0.2) is 0 Å². The van der Waals surface area contributed by atoms with Crippen LogP contribution >= 0.6 is 0 Å². The second-order valence-corrected chi connectivity index (χ2v) is 6.28. The van der Waals surface area contributed by atoms with E-state index in [0.717, 1.165) is 51.6 Å². The van der Waals surface area contributed by atoms with Gasteiger partial charge in [-0.1, -0.05) is 26.2 Å². The predicted octanol–water partition coefficient (Wildman–Crippen LogP) is 1.19. The van der Waals surface area contributed by atoms with Crippen molar-refractivity contribution in [2.75, 3.05) is 19.6 Å². The monoisotopic (exact) mass is 254 g/mol. The molecule has 0 atom stereocenters. The zero-order valence-corrected chi connectivity index (χ0v) is 11.4. The Morgan fingerprint density at radius 3 is 2.39 bits per heavy atom. The van der Waals surface area contributed by atoms with Gasteiger partial charge in [-0.05, 0) is 38.8 Å². The summed E-state index contributed by atoms with van der Waals surface area (Å²) in [7, 11) is 0. The molecule has 0 aromatic carbocycles. The van der Waals surface area contributed by atoms with Crippen molar-refractivity contribution < 1.29 is 9.90 Å². The molecular formula is C14H26N2O2. The van der Waals surface area contributed by atoms with Gasteiger partial charge in [-0.3, -0.25) is 4.79 Å². The highest BCUT2D eigenvalue weighted by Gasteiger charge is 2.36. The number of carbonyl (C=O) groups is 1. The van der Waals surface area contributed by atoms with Crippen molar-refractivity contribution in [3.8, 4) is 0 Å². The molecule has 0 radical (unpaired) electrons. The van der Waals surface area contributed by atoms with Crippen molar-refractivity contribution in [1.82, 2.24) is 10.6 Å². The predicted molar refractivity (Wildman–Crippen MR) is 71.3 cm³/mol. The van der Waals surface area contributed by atoms with Gasteiger partial charge >= 0.3 is 0 Å². The second-order valence-electron chi connectivity index (χ2n) is 6.28. The Kier molecular flexibility index (Phi) is 4.28. The molecule has 1 saturated carbocycles. The van der Waals surface area contributed by atoms with E-state index in [2.05, 4.69) is 10.6 Å². The molecule has 4 nitrogen and oxygen atoms in total. The van der Waals surface area contributed by atoms with Crippen LogP contribution in [0.1, 0.15) is 51.9 Å². The lowest BCUT2D eigenvalue weighted by atomic mass is 9.79. The quantitative estimate of drug-likeness (QED) is 0.709. The van der Waals surface area contributed by atoms with Crippen LogP contribution in [0.25, 0.3) is 0 Å². The van der Waals surface area contributed by atoms with Crippen LogP contribution < -0.4 is 10.6 Å². The van der Waals surface area contributed by atoms with Crippen LogP contribution in [0.2, 0.25) is 0 Å². The molecular weight excluding hydrogens is 228 g/mol. The molecule has 4 heteroatoms. The first-order valence-corrected chi connectivity index (χ1v) is 7.26. The van der Waals surface area contributed by atoms with E-state index in [0.29, 0.717) is 6.54 Å². The molecule has 0 bridgehead atoms. The summed E-state index contributed by atoms with van der Waals surface area (Å²) < 4.78 is 0. The smallest absolute Gasteiger partial charge is 0.226 e. The van der Waals surface area contributed by atoms with Gasteiger partial charge in [0.1, 0.15) is 0 Å². The largest absolute Gasteiger partial charge is 0.388 e. The lowest BCUT2D eigenvalue weighted by molar-refractivity contribution is -0.133. The number of aliphatic hydroxyl groups is 1. The van der Waals surface area contributed by atoms with Gasteiger partial charge in [-0.15, -0.1) is 0 Å². The Hall–Kier alpha value is -0.610. The highest BCUT2D eigenvalue weighted by molar-refractivity contribution is 5.82. The van der Waals surface area contributed by atoms with E-state index in [1.807, 2.05) is 6.92 Å². The van der Waals surface area contributed by atoms with E-state index in [9.17, 15) is 9.90 Å². The molecule has 2 rings (SSSR count). The molecule has 2 aliphatic rings. The molecule has 0 aromatic rings. The third-order valence-corrected chi connectivity index (χ3v) is 4.62. The van der Waals surface area contributed by atoms with Gasteiger partial charge in [0.25, 0.3) is 0 Å². The maximum Gasteiger partial charge on any atom is 0.226 e. The van der Waals surface area contributed by atoms with E-state index in [-0.39, 0.29) is 11.3 Å². The summed E-state index contributed by atoms with van der Waals surface area (Å²) in [6, 6.07) is 0. The van der Waals surface area contributed by atoms with Crippen molar-refractivity contribution in [3.63, 3.8) is 0 Å². The number of rotatable bonds is 3. The average molecular weight is 254 g/mol. The Bertz CT molecular complexity index is 292. The van der Waals surface area contributed by atoms with Crippen LogP contribution in [0.4, 0.5) is 0 Å². The number of hydrogen-bond acceptors (Lipinski definition) is 3. The summed E-state index contributed by atoms with van der Waals surface area (Å²) in [4.78, 5) is 12.3. The summed E-state index contributed by atoms with van der Waals surface area (Å²) >= 11 is 0. The third kappa shape index (κ3) is 3.23. The van der Waals surface area contributed by atoms with Crippen LogP contribution in [-0.2, 0) is 4.79 Å². The highest BCUT2D eigenvalue weighted by atomic mass is 16.3. The lowest BCUT2D eigenvalue weighted by Gasteiger charge is -2.36. The molecule has 1 amide bonds.